The van der Waals surface area contributed by atoms with Gasteiger partial charge < -0.3 is 15.2 Å². The minimum atomic E-state index is -0.152. The van der Waals surface area contributed by atoms with Gasteiger partial charge in [0.15, 0.2) is 0 Å². The fraction of sp³-hybridized carbons (Fsp3) is 0.381. The number of aromatic nitrogens is 2. The number of piperidine rings is 1. The highest BCUT2D eigenvalue weighted by atomic mass is 16.2. The molecule has 1 aliphatic rings. The highest BCUT2D eigenvalue weighted by molar-refractivity contribution is 5.87. The number of aromatic amines is 1. The van der Waals surface area contributed by atoms with Gasteiger partial charge in [-0.05, 0) is 56.0 Å². The van der Waals surface area contributed by atoms with Gasteiger partial charge in [-0.3, -0.25) is 14.6 Å². The number of hydrogen-bond donors (Lipinski definition) is 2. The lowest BCUT2D eigenvalue weighted by Crippen LogP contribution is -2.45. The van der Waals surface area contributed by atoms with Crippen LogP contribution in [0.25, 0.3) is 11.1 Å². The third-order valence-electron chi connectivity index (χ3n) is 4.82. The second-order valence-corrected chi connectivity index (χ2v) is 6.79. The van der Waals surface area contributed by atoms with E-state index in [2.05, 4.69) is 22.2 Å². The van der Waals surface area contributed by atoms with Crippen molar-refractivity contribution in [2.75, 3.05) is 18.4 Å². The number of aryl methyl sites for hydroxylation is 1. The maximum atomic E-state index is 12.3. The topological polar surface area (TPSA) is 78.1 Å². The smallest absolute Gasteiger partial charge is 0.271 e. The minimum Gasteiger partial charge on any atom is -0.376 e. The molecule has 1 fully saturated rings. The van der Waals surface area contributed by atoms with Crippen LogP contribution in [0.4, 0.5) is 5.69 Å². The molecule has 2 N–H and O–H groups in total. The Labute approximate surface area is 159 Å². The van der Waals surface area contributed by atoms with Crippen LogP contribution in [0.1, 0.15) is 32.4 Å². The van der Waals surface area contributed by atoms with Crippen LogP contribution in [0.15, 0.2) is 47.5 Å². The summed E-state index contributed by atoms with van der Waals surface area (Å²) in [6, 6.07) is 5.91. The molecule has 2 aromatic rings. The molecule has 6 nitrogen and oxygen atoms in total. The van der Waals surface area contributed by atoms with Crippen LogP contribution in [0.2, 0.25) is 0 Å². The molecule has 1 saturated heterocycles. The molecule has 1 amide bonds. The molecule has 3 rings (SSSR count). The summed E-state index contributed by atoms with van der Waals surface area (Å²) in [6.07, 6.45) is 9.57. The molecule has 0 saturated carbocycles. The van der Waals surface area contributed by atoms with Gasteiger partial charge in [-0.25, -0.2) is 0 Å². The number of nitrogens with one attached hydrogen (secondary N) is 2. The highest BCUT2D eigenvalue weighted by Crippen LogP contribution is 2.22. The predicted molar refractivity (Wildman–Crippen MR) is 108 cm³/mol. The number of rotatable bonds is 5. The van der Waals surface area contributed by atoms with E-state index in [1.807, 2.05) is 30.0 Å². The first-order valence-electron chi connectivity index (χ1n) is 9.47. The molecule has 27 heavy (non-hydrogen) atoms. The quantitative estimate of drug-likeness (QED) is 0.798. The molecule has 0 unspecified atom stereocenters. The van der Waals surface area contributed by atoms with Crippen LogP contribution in [-0.2, 0) is 11.2 Å². The Balaban J connectivity index is 1.78. The molecule has 142 valence electrons. The molecule has 1 aliphatic heterocycles. The summed E-state index contributed by atoms with van der Waals surface area (Å²) in [5.41, 5.74) is 3.35. The maximum absolute atomic E-state index is 12.3. The summed E-state index contributed by atoms with van der Waals surface area (Å²) >= 11 is 0. The Morgan fingerprint density at radius 2 is 2.26 bits per heavy atom. The number of anilines is 1. The monoisotopic (exact) mass is 366 g/mol. The normalized spacial score (nSPS) is 17.3. The molecule has 1 atom stereocenters. The van der Waals surface area contributed by atoms with Crippen molar-refractivity contribution >= 4 is 11.6 Å². The summed E-state index contributed by atoms with van der Waals surface area (Å²) in [6.45, 7) is 5.26. The van der Waals surface area contributed by atoms with Gasteiger partial charge >= 0.3 is 0 Å². The molecule has 2 aromatic heterocycles. The SMILES string of the molecule is C/C=C/C(=O)N1CCC[C@@H](Nc2cc(-c3ccnc(CC)c3)c[nH]c2=O)C1. The Kier molecular flexibility index (Phi) is 6.06. The summed E-state index contributed by atoms with van der Waals surface area (Å²) in [5.74, 6) is 0.0236. The zero-order valence-electron chi connectivity index (χ0n) is 15.9. The lowest BCUT2D eigenvalue weighted by Gasteiger charge is -2.33. The van der Waals surface area contributed by atoms with E-state index in [4.69, 9.17) is 0 Å². The zero-order valence-corrected chi connectivity index (χ0v) is 15.9. The number of allylic oxidation sites excluding steroid dienone is 1. The zero-order chi connectivity index (χ0) is 19.2. The third kappa shape index (κ3) is 4.64. The fourth-order valence-electron chi connectivity index (χ4n) is 3.37. The fourth-order valence-corrected chi connectivity index (χ4v) is 3.37. The van der Waals surface area contributed by atoms with Gasteiger partial charge in [0.1, 0.15) is 5.69 Å². The maximum Gasteiger partial charge on any atom is 0.271 e. The molecular formula is C21H26N4O2. The summed E-state index contributed by atoms with van der Waals surface area (Å²) in [4.78, 5) is 33.4. The van der Waals surface area contributed by atoms with E-state index in [-0.39, 0.29) is 17.5 Å². The summed E-state index contributed by atoms with van der Waals surface area (Å²) in [5, 5.41) is 3.34. The molecule has 0 bridgehead atoms. The Morgan fingerprint density at radius 1 is 1.41 bits per heavy atom. The van der Waals surface area contributed by atoms with E-state index < -0.39 is 0 Å². The number of nitrogens with zero attached hydrogens (tertiary/aromatic N) is 2. The summed E-state index contributed by atoms with van der Waals surface area (Å²) < 4.78 is 0. The lowest BCUT2D eigenvalue weighted by molar-refractivity contribution is -0.127. The first-order chi connectivity index (χ1) is 13.1. The van der Waals surface area contributed by atoms with Crippen molar-refractivity contribution in [2.45, 2.75) is 39.2 Å². The number of hydrogen-bond acceptors (Lipinski definition) is 4. The molecule has 0 radical (unpaired) electrons. The number of carbonyl (C=O) groups excluding carboxylic acids is 1. The van der Waals surface area contributed by atoms with E-state index in [0.29, 0.717) is 12.2 Å². The summed E-state index contributed by atoms with van der Waals surface area (Å²) in [7, 11) is 0. The number of pyridine rings is 2. The van der Waals surface area contributed by atoms with Crippen molar-refractivity contribution in [1.29, 1.82) is 0 Å². The number of carbonyl (C=O) groups is 1. The highest BCUT2D eigenvalue weighted by Gasteiger charge is 2.23. The van der Waals surface area contributed by atoms with Gasteiger partial charge in [0.05, 0.1) is 0 Å². The first kappa shape index (κ1) is 18.9. The Hall–Kier alpha value is -2.89. The van der Waals surface area contributed by atoms with E-state index >= 15 is 0 Å². The van der Waals surface area contributed by atoms with Gasteiger partial charge in [-0.1, -0.05) is 13.0 Å². The van der Waals surface area contributed by atoms with Crippen molar-refractivity contribution in [3.8, 4) is 11.1 Å². The van der Waals surface area contributed by atoms with Gasteiger partial charge in [0.2, 0.25) is 5.91 Å². The van der Waals surface area contributed by atoms with Crippen LogP contribution < -0.4 is 10.9 Å². The molecule has 0 spiro atoms. The number of amides is 1. The van der Waals surface area contributed by atoms with Gasteiger partial charge in [-0.15, -0.1) is 0 Å². The Morgan fingerprint density at radius 3 is 3.04 bits per heavy atom. The molecule has 0 aliphatic carbocycles. The van der Waals surface area contributed by atoms with E-state index in [1.54, 1.807) is 24.5 Å². The minimum absolute atomic E-state index is 0.0236. The van der Waals surface area contributed by atoms with E-state index in [1.165, 1.54) is 0 Å². The number of likely N-dealkylation sites (tertiary alicyclic amines) is 1. The van der Waals surface area contributed by atoms with Crippen LogP contribution in [0, 0.1) is 0 Å². The van der Waals surface area contributed by atoms with Crippen LogP contribution >= 0.6 is 0 Å². The molecule has 0 aromatic carbocycles. The second-order valence-electron chi connectivity index (χ2n) is 6.79. The standard InChI is InChI=1S/C21H26N4O2/c1-3-6-20(26)25-10-5-7-18(14-25)24-19-12-16(13-23-21(19)27)15-8-9-22-17(4-2)11-15/h3,6,8-9,11-13,18,24H,4-5,7,10,14H2,1-2H3,(H,23,27)/b6-3+/t18-/m1/s1. The average molecular weight is 366 g/mol. The van der Waals surface area contributed by atoms with Gasteiger partial charge in [0, 0.05) is 42.8 Å². The molecule has 6 heteroatoms. The molecule has 3 heterocycles. The average Bonchev–Trinajstić information content (AvgIpc) is 2.70. The molecular weight excluding hydrogens is 340 g/mol. The van der Waals surface area contributed by atoms with Crippen molar-refractivity contribution in [3.05, 3.63) is 58.8 Å². The van der Waals surface area contributed by atoms with E-state index in [0.717, 1.165) is 42.6 Å². The first-order valence-corrected chi connectivity index (χ1v) is 9.47. The van der Waals surface area contributed by atoms with Crippen molar-refractivity contribution in [1.82, 2.24) is 14.9 Å². The largest absolute Gasteiger partial charge is 0.376 e. The van der Waals surface area contributed by atoms with Crippen LogP contribution in [0.3, 0.4) is 0 Å². The second kappa shape index (κ2) is 8.66. The number of H-pyrrole nitrogens is 1. The van der Waals surface area contributed by atoms with Gasteiger partial charge in [-0.2, -0.15) is 0 Å². The Bertz CT molecular complexity index is 888. The van der Waals surface area contributed by atoms with Crippen molar-refractivity contribution < 1.29 is 4.79 Å². The van der Waals surface area contributed by atoms with Crippen molar-refractivity contribution in [2.24, 2.45) is 0 Å². The van der Waals surface area contributed by atoms with E-state index in [9.17, 15) is 9.59 Å². The lowest BCUT2D eigenvalue weighted by atomic mass is 10.0. The van der Waals surface area contributed by atoms with Crippen molar-refractivity contribution in [3.63, 3.8) is 0 Å². The van der Waals surface area contributed by atoms with Crippen LogP contribution in [0.5, 0.6) is 0 Å². The van der Waals surface area contributed by atoms with Crippen LogP contribution in [-0.4, -0.2) is 39.9 Å². The third-order valence-corrected chi connectivity index (χ3v) is 4.82. The predicted octanol–water partition coefficient (Wildman–Crippen LogP) is 2.98. The van der Waals surface area contributed by atoms with Gasteiger partial charge in [0.25, 0.3) is 5.56 Å².